The Morgan fingerprint density at radius 1 is 1.40 bits per heavy atom. The Labute approximate surface area is 124 Å². The Morgan fingerprint density at radius 3 is 2.80 bits per heavy atom. The molecule has 0 aliphatic carbocycles. The third kappa shape index (κ3) is 4.04. The molecule has 1 N–H and O–H groups in total. The molecule has 1 aliphatic heterocycles. The van der Waals surface area contributed by atoms with Crippen molar-refractivity contribution in [3.05, 3.63) is 24.3 Å². The predicted octanol–water partition coefficient (Wildman–Crippen LogP) is 2.60. The molecule has 0 fully saturated rings. The summed E-state index contributed by atoms with van der Waals surface area (Å²) in [4.78, 5) is 12.0. The summed E-state index contributed by atoms with van der Waals surface area (Å²) >= 11 is 6.15. The fraction of sp³-hybridized carbons (Fsp3) is 0.533. The number of fused-ring (bicyclic) bond motifs is 1. The largest absolute Gasteiger partial charge is 0.485 e. The lowest BCUT2D eigenvalue weighted by Gasteiger charge is -2.26. The van der Waals surface area contributed by atoms with Crippen molar-refractivity contribution < 1.29 is 14.3 Å². The van der Waals surface area contributed by atoms with E-state index in [2.05, 4.69) is 19.2 Å². The Morgan fingerprint density at radius 2 is 2.10 bits per heavy atom. The Balaban J connectivity index is 1.83. The Bertz CT molecular complexity index is 464. The number of para-hydroxylation sites is 2. The van der Waals surface area contributed by atoms with Gasteiger partial charge in [0, 0.05) is 6.54 Å². The van der Waals surface area contributed by atoms with E-state index in [9.17, 15) is 4.79 Å². The molecule has 0 saturated carbocycles. The molecule has 0 saturated heterocycles. The van der Waals surface area contributed by atoms with Gasteiger partial charge in [0.1, 0.15) is 6.61 Å². The number of rotatable bonds is 5. The zero-order valence-electron chi connectivity index (χ0n) is 11.8. The van der Waals surface area contributed by atoms with E-state index >= 15 is 0 Å². The highest BCUT2D eigenvalue weighted by atomic mass is 35.5. The quantitative estimate of drug-likeness (QED) is 0.850. The number of benzene rings is 1. The number of amides is 1. The Kier molecular flexibility index (Phi) is 5.12. The summed E-state index contributed by atoms with van der Waals surface area (Å²) in [7, 11) is 0. The minimum atomic E-state index is -0.618. The molecule has 1 aromatic rings. The standard InChI is InChI=1S/C15H20ClNO3/c1-10(2)7-11(16)8-17-15(18)14-9-19-12-5-3-4-6-13(12)20-14/h3-6,10-11,14H,7-9H2,1-2H3,(H,17,18). The molecule has 0 aromatic heterocycles. The van der Waals surface area contributed by atoms with Gasteiger partial charge in [0.05, 0.1) is 5.38 Å². The van der Waals surface area contributed by atoms with Gasteiger partial charge in [-0.1, -0.05) is 26.0 Å². The fourth-order valence-electron chi connectivity index (χ4n) is 2.07. The van der Waals surface area contributed by atoms with Crippen LogP contribution in [0.4, 0.5) is 0 Å². The van der Waals surface area contributed by atoms with Gasteiger partial charge in [-0.3, -0.25) is 4.79 Å². The molecule has 0 radical (unpaired) electrons. The molecule has 1 aromatic carbocycles. The van der Waals surface area contributed by atoms with Crippen LogP contribution < -0.4 is 14.8 Å². The number of ether oxygens (including phenoxy) is 2. The SMILES string of the molecule is CC(C)CC(Cl)CNC(=O)C1COc2ccccc2O1. The first-order chi connectivity index (χ1) is 9.56. The first kappa shape index (κ1) is 15.0. The molecule has 20 heavy (non-hydrogen) atoms. The van der Waals surface area contributed by atoms with E-state index in [1.807, 2.05) is 18.2 Å². The summed E-state index contributed by atoms with van der Waals surface area (Å²) in [6.07, 6.45) is 0.250. The number of hydrogen-bond acceptors (Lipinski definition) is 3. The number of hydrogen-bond donors (Lipinski definition) is 1. The van der Waals surface area contributed by atoms with Crippen molar-refractivity contribution >= 4 is 17.5 Å². The summed E-state index contributed by atoms with van der Waals surface area (Å²) < 4.78 is 11.1. The number of alkyl halides is 1. The zero-order chi connectivity index (χ0) is 14.5. The van der Waals surface area contributed by atoms with E-state index in [1.54, 1.807) is 6.07 Å². The van der Waals surface area contributed by atoms with Crippen LogP contribution >= 0.6 is 11.6 Å². The van der Waals surface area contributed by atoms with Gasteiger partial charge in [0.2, 0.25) is 6.10 Å². The van der Waals surface area contributed by atoms with Crippen LogP contribution in [0.3, 0.4) is 0 Å². The first-order valence-electron chi connectivity index (χ1n) is 6.86. The van der Waals surface area contributed by atoms with Crippen molar-refractivity contribution in [2.24, 2.45) is 5.92 Å². The maximum Gasteiger partial charge on any atom is 0.264 e. The van der Waals surface area contributed by atoms with Gasteiger partial charge in [0.25, 0.3) is 5.91 Å². The zero-order valence-corrected chi connectivity index (χ0v) is 12.5. The summed E-state index contributed by atoms with van der Waals surface area (Å²) in [5, 5.41) is 2.75. The highest BCUT2D eigenvalue weighted by molar-refractivity contribution is 6.20. The summed E-state index contributed by atoms with van der Waals surface area (Å²) in [5.41, 5.74) is 0. The van der Waals surface area contributed by atoms with E-state index in [-0.39, 0.29) is 17.9 Å². The van der Waals surface area contributed by atoms with Crippen molar-refractivity contribution in [1.82, 2.24) is 5.32 Å². The molecule has 5 heteroatoms. The van der Waals surface area contributed by atoms with Crippen LogP contribution in [0, 0.1) is 5.92 Å². The van der Waals surface area contributed by atoms with Crippen molar-refractivity contribution in [1.29, 1.82) is 0 Å². The second-order valence-electron chi connectivity index (χ2n) is 5.34. The van der Waals surface area contributed by atoms with E-state index in [1.165, 1.54) is 0 Å². The van der Waals surface area contributed by atoms with Crippen LogP contribution in [-0.4, -0.2) is 30.5 Å². The third-order valence-electron chi connectivity index (χ3n) is 3.03. The smallest absolute Gasteiger partial charge is 0.264 e. The molecule has 1 aliphatic rings. The van der Waals surface area contributed by atoms with E-state index in [4.69, 9.17) is 21.1 Å². The first-order valence-corrected chi connectivity index (χ1v) is 7.30. The monoisotopic (exact) mass is 297 g/mol. The highest BCUT2D eigenvalue weighted by Crippen LogP contribution is 2.30. The molecule has 2 atom stereocenters. The molecular weight excluding hydrogens is 278 g/mol. The maximum absolute atomic E-state index is 12.0. The van der Waals surface area contributed by atoms with Gasteiger partial charge in [-0.2, -0.15) is 0 Å². The van der Waals surface area contributed by atoms with Crippen LogP contribution in [0.1, 0.15) is 20.3 Å². The molecule has 1 heterocycles. The lowest BCUT2D eigenvalue weighted by molar-refractivity contribution is -0.130. The average Bonchev–Trinajstić information content (AvgIpc) is 2.43. The van der Waals surface area contributed by atoms with Crippen LogP contribution in [-0.2, 0) is 4.79 Å². The molecular formula is C15H20ClNO3. The maximum atomic E-state index is 12.0. The highest BCUT2D eigenvalue weighted by Gasteiger charge is 2.27. The van der Waals surface area contributed by atoms with E-state index < -0.39 is 6.10 Å². The normalized spacial score (nSPS) is 18.7. The van der Waals surface area contributed by atoms with Gasteiger partial charge in [-0.25, -0.2) is 0 Å². The predicted molar refractivity (Wildman–Crippen MR) is 78.5 cm³/mol. The molecule has 2 rings (SSSR count). The molecule has 0 bridgehead atoms. The van der Waals surface area contributed by atoms with Gasteiger partial charge in [-0.05, 0) is 24.5 Å². The number of carbonyl (C=O) groups is 1. The van der Waals surface area contributed by atoms with Crippen molar-refractivity contribution in [3.63, 3.8) is 0 Å². The van der Waals surface area contributed by atoms with Gasteiger partial charge < -0.3 is 14.8 Å². The minimum absolute atomic E-state index is 0.0595. The summed E-state index contributed by atoms with van der Waals surface area (Å²) in [6.45, 7) is 4.87. The van der Waals surface area contributed by atoms with E-state index in [0.29, 0.717) is 24.0 Å². The van der Waals surface area contributed by atoms with Gasteiger partial charge >= 0.3 is 0 Å². The van der Waals surface area contributed by atoms with Crippen molar-refractivity contribution in [3.8, 4) is 11.5 Å². The lowest BCUT2D eigenvalue weighted by atomic mass is 10.1. The van der Waals surface area contributed by atoms with Crippen molar-refractivity contribution in [2.75, 3.05) is 13.2 Å². The molecule has 2 unspecified atom stereocenters. The second kappa shape index (κ2) is 6.84. The lowest BCUT2D eigenvalue weighted by Crippen LogP contribution is -2.45. The van der Waals surface area contributed by atoms with Gasteiger partial charge in [-0.15, -0.1) is 11.6 Å². The van der Waals surface area contributed by atoms with Crippen molar-refractivity contribution in [2.45, 2.75) is 31.7 Å². The van der Waals surface area contributed by atoms with Gasteiger partial charge in [0.15, 0.2) is 11.5 Å². The van der Waals surface area contributed by atoms with Crippen LogP contribution in [0.25, 0.3) is 0 Å². The van der Waals surface area contributed by atoms with Crippen LogP contribution in [0.15, 0.2) is 24.3 Å². The van der Waals surface area contributed by atoms with Crippen LogP contribution in [0.2, 0.25) is 0 Å². The average molecular weight is 298 g/mol. The summed E-state index contributed by atoms with van der Waals surface area (Å²) in [6, 6.07) is 7.32. The summed E-state index contributed by atoms with van der Waals surface area (Å²) in [5.74, 6) is 1.60. The molecule has 0 spiro atoms. The van der Waals surface area contributed by atoms with Crippen LogP contribution in [0.5, 0.6) is 11.5 Å². The topological polar surface area (TPSA) is 47.6 Å². The number of carbonyl (C=O) groups excluding carboxylic acids is 1. The fourth-order valence-corrected chi connectivity index (χ4v) is 2.50. The molecule has 110 valence electrons. The van der Waals surface area contributed by atoms with E-state index in [0.717, 1.165) is 6.42 Å². The minimum Gasteiger partial charge on any atom is -0.485 e. The molecule has 1 amide bonds. The third-order valence-corrected chi connectivity index (χ3v) is 3.36. The number of halogens is 1. The number of nitrogens with one attached hydrogen (secondary N) is 1. The second-order valence-corrected chi connectivity index (χ2v) is 5.95. The molecule has 4 nitrogen and oxygen atoms in total. The Hall–Kier alpha value is -1.42.